The van der Waals surface area contributed by atoms with E-state index in [0.717, 1.165) is 34.4 Å². The van der Waals surface area contributed by atoms with Gasteiger partial charge in [-0.05, 0) is 49.6 Å². The van der Waals surface area contributed by atoms with Crippen molar-refractivity contribution in [2.75, 3.05) is 20.3 Å². The highest BCUT2D eigenvalue weighted by Crippen LogP contribution is 2.27. The average molecular weight is 388 g/mol. The summed E-state index contributed by atoms with van der Waals surface area (Å²) < 4.78 is 16.2. The molecule has 27 heavy (non-hydrogen) atoms. The van der Waals surface area contributed by atoms with Gasteiger partial charge in [-0.15, -0.1) is 0 Å². The summed E-state index contributed by atoms with van der Waals surface area (Å²) in [5.74, 6) is 1.16. The number of hydrogen-bond donors (Lipinski definition) is 1. The molecule has 0 aliphatic heterocycles. The second kappa shape index (κ2) is 8.82. The predicted octanol–water partition coefficient (Wildman–Crippen LogP) is 5.02. The van der Waals surface area contributed by atoms with Gasteiger partial charge in [0, 0.05) is 22.0 Å². The molecule has 142 valence electrons. The first-order chi connectivity index (χ1) is 13.1. The number of fused-ring (bicyclic) bond motifs is 1. The molecule has 0 saturated carbocycles. The highest BCUT2D eigenvalue weighted by molar-refractivity contribution is 6.31. The maximum absolute atomic E-state index is 12.3. The van der Waals surface area contributed by atoms with Gasteiger partial charge in [-0.2, -0.15) is 0 Å². The van der Waals surface area contributed by atoms with Crippen LogP contribution < -0.4 is 9.47 Å². The number of halogens is 1. The zero-order chi connectivity index (χ0) is 19.2. The van der Waals surface area contributed by atoms with Crippen molar-refractivity contribution in [3.8, 4) is 11.5 Å². The van der Waals surface area contributed by atoms with Crippen molar-refractivity contribution >= 4 is 28.5 Å². The number of rotatable bonds is 8. The quantitative estimate of drug-likeness (QED) is 0.435. The van der Waals surface area contributed by atoms with Crippen LogP contribution >= 0.6 is 11.6 Å². The molecule has 0 aliphatic carbocycles. The van der Waals surface area contributed by atoms with E-state index in [1.807, 2.05) is 42.5 Å². The second-order valence-corrected chi connectivity index (χ2v) is 6.46. The zero-order valence-electron chi connectivity index (χ0n) is 15.4. The highest BCUT2D eigenvalue weighted by atomic mass is 35.5. The molecule has 1 N–H and O–H groups in total. The summed E-state index contributed by atoms with van der Waals surface area (Å²) in [7, 11) is 1.62. The van der Waals surface area contributed by atoms with Crippen molar-refractivity contribution in [1.29, 1.82) is 0 Å². The molecular weight excluding hydrogens is 366 g/mol. The molecule has 0 unspecified atom stereocenters. The topological polar surface area (TPSA) is 60.6 Å². The fourth-order valence-electron chi connectivity index (χ4n) is 2.99. The van der Waals surface area contributed by atoms with Gasteiger partial charge >= 0.3 is 5.97 Å². The van der Waals surface area contributed by atoms with Crippen LogP contribution in [0.3, 0.4) is 0 Å². The van der Waals surface area contributed by atoms with E-state index in [9.17, 15) is 4.79 Å². The molecular formula is C21H22ClNO4. The van der Waals surface area contributed by atoms with Crippen molar-refractivity contribution in [3.63, 3.8) is 0 Å². The third kappa shape index (κ3) is 4.55. The maximum atomic E-state index is 12.3. The fourth-order valence-corrected chi connectivity index (χ4v) is 3.17. The Morgan fingerprint density at radius 1 is 1.15 bits per heavy atom. The number of aromatic amines is 1. The Morgan fingerprint density at radius 3 is 2.74 bits per heavy atom. The number of hydrogen-bond acceptors (Lipinski definition) is 4. The Hall–Kier alpha value is -2.66. The Bertz CT molecular complexity index is 935. The van der Waals surface area contributed by atoms with Crippen molar-refractivity contribution in [2.24, 2.45) is 0 Å². The highest BCUT2D eigenvalue weighted by Gasteiger charge is 2.18. The summed E-state index contributed by atoms with van der Waals surface area (Å²) in [6.45, 7) is 2.64. The Balaban J connectivity index is 1.72. The minimum Gasteiger partial charge on any atom is -0.497 e. The predicted molar refractivity (Wildman–Crippen MR) is 106 cm³/mol. The molecule has 0 radical (unpaired) electrons. The molecule has 3 aromatic rings. The average Bonchev–Trinajstić information content (AvgIpc) is 3.03. The Labute approximate surface area is 163 Å². The number of benzene rings is 2. The lowest BCUT2D eigenvalue weighted by Crippen LogP contribution is -2.09. The van der Waals surface area contributed by atoms with Gasteiger partial charge in [0.05, 0.1) is 20.3 Å². The summed E-state index contributed by atoms with van der Waals surface area (Å²) in [6, 6.07) is 13.1. The molecule has 0 amide bonds. The molecule has 5 nitrogen and oxygen atoms in total. The first-order valence-electron chi connectivity index (χ1n) is 8.86. The third-order valence-electron chi connectivity index (χ3n) is 4.23. The van der Waals surface area contributed by atoms with E-state index in [1.165, 1.54) is 0 Å². The lowest BCUT2D eigenvalue weighted by molar-refractivity contribution is 0.0519. The molecule has 0 saturated heterocycles. The first kappa shape index (κ1) is 19.1. The molecule has 0 spiro atoms. The number of esters is 1. The molecule has 3 rings (SSSR count). The standard InChI is InChI=1S/C21H22ClNO4/c1-3-26-21(24)20-18(17-10-9-14(22)12-19(17)23-20)8-5-11-27-16-7-4-6-15(13-16)25-2/h4,6-7,9-10,12-13,23H,3,5,8,11H2,1-2H3. The first-order valence-corrected chi connectivity index (χ1v) is 9.24. The number of ether oxygens (including phenoxy) is 3. The minimum atomic E-state index is -0.353. The van der Waals surface area contributed by atoms with Crippen molar-refractivity contribution in [2.45, 2.75) is 19.8 Å². The number of methoxy groups -OCH3 is 1. The van der Waals surface area contributed by atoms with Crippen molar-refractivity contribution in [1.82, 2.24) is 4.98 Å². The van der Waals surface area contributed by atoms with E-state index in [1.54, 1.807) is 14.0 Å². The van der Waals surface area contributed by atoms with Gasteiger partial charge in [0.2, 0.25) is 0 Å². The summed E-state index contributed by atoms with van der Waals surface area (Å²) >= 11 is 6.07. The van der Waals surface area contributed by atoms with Crippen LogP contribution in [0, 0.1) is 0 Å². The van der Waals surface area contributed by atoms with Crippen molar-refractivity contribution in [3.05, 3.63) is 58.7 Å². The van der Waals surface area contributed by atoms with Crippen LogP contribution in [-0.2, 0) is 11.2 Å². The van der Waals surface area contributed by atoms with Crippen LogP contribution in [0.1, 0.15) is 29.4 Å². The molecule has 0 atom stereocenters. The number of carbonyl (C=O) groups excluding carboxylic acids is 1. The van der Waals surface area contributed by atoms with Crippen LogP contribution in [0.2, 0.25) is 5.02 Å². The number of carbonyl (C=O) groups is 1. The summed E-state index contributed by atoms with van der Waals surface area (Å²) in [5.41, 5.74) is 2.24. The molecule has 6 heteroatoms. The fraction of sp³-hybridized carbons (Fsp3) is 0.286. The summed E-state index contributed by atoms with van der Waals surface area (Å²) in [6.07, 6.45) is 1.43. The van der Waals surface area contributed by atoms with E-state index >= 15 is 0 Å². The van der Waals surface area contributed by atoms with E-state index < -0.39 is 0 Å². The SMILES string of the molecule is CCOC(=O)c1[nH]c2cc(Cl)ccc2c1CCCOc1cccc(OC)c1. The van der Waals surface area contributed by atoms with Gasteiger partial charge in [-0.1, -0.05) is 23.7 Å². The van der Waals surface area contributed by atoms with E-state index in [2.05, 4.69) is 4.98 Å². The Kier molecular flexibility index (Phi) is 6.24. The van der Waals surface area contributed by atoms with Gasteiger partial charge in [-0.3, -0.25) is 0 Å². The van der Waals surface area contributed by atoms with Gasteiger partial charge in [0.15, 0.2) is 0 Å². The Morgan fingerprint density at radius 2 is 1.96 bits per heavy atom. The van der Waals surface area contributed by atoms with Gasteiger partial charge in [-0.25, -0.2) is 4.79 Å². The molecule has 0 bridgehead atoms. The number of H-pyrrole nitrogens is 1. The molecule has 1 aromatic heterocycles. The summed E-state index contributed by atoms with van der Waals surface area (Å²) in [4.78, 5) is 15.5. The van der Waals surface area contributed by atoms with Crippen LogP contribution in [0.4, 0.5) is 0 Å². The second-order valence-electron chi connectivity index (χ2n) is 6.02. The summed E-state index contributed by atoms with van der Waals surface area (Å²) in [5, 5.41) is 1.59. The monoisotopic (exact) mass is 387 g/mol. The van der Waals surface area contributed by atoms with Crippen LogP contribution in [0.15, 0.2) is 42.5 Å². The van der Waals surface area contributed by atoms with Gasteiger partial charge in [0.1, 0.15) is 17.2 Å². The maximum Gasteiger partial charge on any atom is 0.355 e. The van der Waals surface area contributed by atoms with E-state index in [4.69, 9.17) is 25.8 Å². The number of nitrogens with one attached hydrogen (secondary N) is 1. The van der Waals surface area contributed by atoms with Gasteiger partial charge in [0.25, 0.3) is 0 Å². The molecule has 0 aliphatic rings. The van der Waals surface area contributed by atoms with Gasteiger partial charge < -0.3 is 19.2 Å². The lowest BCUT2D eigenvalue weighted by atomic mass is 10.1. The lowest BCUT2D eigenvalue weighted by Gasteiger charge is -2.08. The largest absolute Gasteiger partial charge is 0.497 e. The molecule has 2 aromatic carbocycles. The third-order valence-corrected chi connectivity index (χ3v) is 4.46. The molecule has 0 fully saturated rings. The van der Waals surface area contributed by atoms with Crippen molar-refractivity contribution < 1.29 is 19.0 Å². The smallest absolute Gasteiger partial charge is 0.355 e. The molecule has 1 heterocycles. The van der Waals surface area contributed by atoms with Crippen LogP contribution in [0.25, 0.3) is 10.9 Å². The number of aryl methyl sites for hydroxylation is 1. The van der Waals surface area contributed by atoms with E-state index in [-0.39, 0.29) is 5.97 Å². The van der Waals surface area contributed by atoms with Crippen LogP contribution in [-0.4, -0.2) is 31.3 Å². The zero-order valence-corrected chi connectivity index (χ0v) is 16.1. The normalized spacial score (nSPS) is 10.8. The van der Waals surface area contributed by atoms with E-state index in [0.29, 0.717) is 30.4 Å². The number of aromatic nitrogens is 1. The minimum absolute atomic E-state index is 0.327. The van der Waals surface area contributed by atoms with Crippen LogP contribution in [0.5, 0.6) is 11.5 Å².